The Labute approximate surface area is 168 Å². The zero-order chi connectivity index (χ0) is 20.4. The van der Waals surface area contributed by atoms with Gasteiger partial charge in [-0.2, -0.15) is 5.10 Å². The Hall–Kier alpha value is -3.61. The third-order valence-electron chi connectivity index (χ3n) is 4.80. The molecule has 3 aromatic heterocycles. The van der Waals surface area contributed by atoms with Gasteiger partial charge in [-0.15, -0.1) is 0 Å². The van der Waals surface area contributed by atoms with E-state index in [4.69, 9.17) is 9.84 Å². The number of carbonyl (C=O) groups excluding carboxylic acids is 1. The van der Waals surface area contributed by atoms with Crippen LogP contribution in [-0.4, -0.2) is 32.3 Å². The Bertz CT molecular complexity index is 1140. The number of aryl methyl sites for hydroxylation is 2. The summed E-state index contributed by atoms with van der Waals surface area (Å²) in [7, 11) is 1.63. The molecule has 0 bridgehead atoms. The number of aromatic nitrogens is 4. The molecule has 4 rings (SSSR count). The van der Waals surface area contributed by atoms with Gasteiger partial charge in [0.25, 0.3) is 0 Å². The van der Waals surface area contributed by atoms with Gasteiger partial charge >= 0.3 is 0 Å². The van der Waals surface area contributed by atoms with Crippen molar-refractivity contribution >= 4 is 16.9 Å². The summed E-state index contributed by atoms with van der Waals surface area (Å²) in [4.78, 5) is 17.2. The van der Waals surface area contributed by atoms with Crippen molar-refractivity contribution in [2.45, 2.75) is 26.9 Å². The number of nitrogens with zero attached hydrogens (tertiary/aromatic N) is 4. The maximum absolute atomic E-state index is 12.6. The Morgan fingerprint density at radius 3 is 2.55 bits per heavy atom. The van der Waals surface area contributed by atoms with E-state index in [2.05, 4.69) is 10.3 Å². The summed E-state index contributed by atoms with van der Waals surface area (Å²) in [6.45, 7) is 4.53. The summed E-state index contributed by atoms with van der Waals surface area (Å²) in [5.74, 6) is 1.45. The van der Waals surface area contributed by atoms with Crippen molar-refractivity contribution < 1.29 is 9.53 Å². The van der Waals surface area contributed by atoms with E-state index in [9.17, 15) is 4.79 Å². The van der Waals surface area contributed by atoms with Gasteiger partial charge in [-0.1, -0.05) is 12.1 Å². The van der Waals surface area contributed by atoms with Crippen LogP contribution in [0.4, 0.5) is 0 Å². The average Bonchev–Trinajstić information content (AvgIpc) is 3.35. The number of hydrogen-bond donors (Lipinski definition) is 1. The molecular formula is C22H23N5O2. The minimum atomic E-state index is -0.120. The molecule has 0 unspecified atom stereocenters. The third-order valence-corrected chi connectivity index (χ3v) is 4.80. The molecule has 0 aliphatic heterocycles. The van der Waals surface area contributed by atoms with Crippen molar-refractivity contribution in [2.75, 3.05) is 7.11 Å². The lowest BCUT2D eigenvalue weighted by molar-refractivity contribution is -0.121. The first kappa shape index (κ1) is 18.7. The minimum Gasteiger partial charge on any atom is -0.497 e. The molecule has 7 heteroatoms. The molecule has 0 fully saturated rings. The van der Waals surface area contributed by atoms with Gasteiger partial charge in [0.05, 0.1) is 12.5 Å². The number of hydrogen-bond acceptors (Lipinski definition) is 4. The van der Waals surface area contributed by atoms with Crippen LogP contribution >= 0.6 is 0 Å². The monoisotopic (exact) mass is 389 g/mol. The molecule has 0 aliphatic rings. The fourth-order valence-electron chi connectivity index (χ4n) is 3.39. The fourth-order valence-corrected chi connectivity index (χ4v) is 3.39. The number of amides is 1. The van der Waals surface area contributed by atoms with E-state index in [1.54, 1.807) is 11.8 Å². The lowest BCUT2D eigenvalue weighted by Gasteiger charge is -2.07. The highest BCUT2D eigenvalue weighted by molar-refractivity contribution is 5.88. The highest BCUT2D eigenvalue weighted by Crippen LogP contribution is 2.25. The van der Waals surface area contributed by atoms with Crippen molar-refractivity contribution in [3.8, 4) is 11.6 Å². The molecule has 0 radical (unpaired) electrons. The lowest BCUT2D eigenvalue weighted by Crippen LogP contribution is -2.27. The molecule has 0 saturated heterocycles. The Morgan fingerprint density at radius 1 is 1.14 bits per heavy atom. The fraction of sp³-hybridized carbons (Fsp3) is 0.227. The van der Waals surface area contributed by atoms with Gasteiger partial charge in [-0.05, 0) is 55.3 Å². The maximum Gasteiger partial charge on any atom is 0.242 e. The molecule has 1 aromatic carbocycles. The second kappa shape index (κ2) is 7.79. The van der Waals surface area contributed by atoms with Crippen LogP contribution < -0.4 is 10.1 Å². The molecule has 148 valence electrons. The molecule has 29 heavy (non-hydrogen) atoms. The van der Waals surface area contributed by atoms with E-state index in [0.717, 1.165) is 33.8 Å². The first-order valence-electron chi connectivity index (χ1n) is 9.43. The zero-order valence-corrected chi connectivity index (χ0v) is 16.7. The first-order chi connectivity index (χ1) is 14.0. The molecule has 0 aliphatic carbocycles. The van der Waals surface area contributed by atoms with Gasteiger partial charge < -0.3 is 14.6 Å². The van der Waals surface area contributed by atoms with Crippen LogP contribution in [0.15, 0.2) is 54.9 Å². The number of nitrogens with one attached hydrogen (secondary N) is 1. The van der Waals surface area contributed by atoms with Crippen molar-refractivity contribution in [2.24, 2.45) is 0 Å². The maximum atomic E-state index is 12.6. The topological polar surface area (TPSA) is 74.0 Å². The number of carbonyl (C=O) groups is 1. The summed E-state index contributed by atoms with van der Waals surface area (Å²) in [5.41, 5.74) is 3.70. The first-order valence-corrected chi connectivity index (χ1v) is 9.43. The van der Waals surface area contributed by atoms with Gasteiger partial charge in [0.15, 0.2) is 11.5 Å². The van der Waals surface area contributed by atoms with Crippen LogP contribution in [0.3, 0.4) is 0 Å². The van der Waals surface area contributed by atoms with E-state index in [0.29, 0.717) is 12.2 Å². The highest BCUT2D eigenvalue weighted by atomic mass is 16.5. The van der Waals surface area contributed by atoms with Gasteiger partial charge in [-0.25, -0.2) is 9.67 Å². The number of rotatable bonds is 6. The number of ether oxygens (including phenoxy) is 1. The Morgan fingerprint density at radius 2 is 1.86 bits per heavy atom. The predicted molar refractivity (Wildman–Crippen MR) is 111 cm³/mol. The quantitative estimate of drug-likeness (QED) is 0.550. The molecular weight excluding hydrogens is 366 g/mol. The van der Waals surface area contributed by atoms with E-state index in [1.165, 1.54) is 0 Å². The molecule has 0 spiro atoms. The van der Waals surface area contributed by atoms with Crippen LogP contribution in [0.1, 0.15) is 16.8 Å². The van der Waals surface area contributed by atoms with Gasteiger partial charge in [0, 0.05) is 24.6 Å². The molecule has 0 atom stereocenters. The lowest BCUT2D eigenvalue weighted by atomic mass is 10.2. The standard InChI is InChI=1S/C22H23N5O2/c1-15-12-16(2)24-21-20(15)22(26-10-4-5-11-26)25-27(21)14-19(28)23-13-17-6-8-18(29-3)9-7-17/h4-12H,13-14H2,1-3H3,(H,23,28). The zero-order valence-electron chi connectivity index (χ0n) is 16.7. The summed E-state index contributed by atoms with van der Waals surface area (Å²) >= 11 is 0. The molecule has 1 amide bonds. The summed E-state index contributed by atoms with van der Waals surface area (Å²) in [6, 6.07) is 13.5. The van der Waals surface area contributed by atoms with Crippen molar-refractivity contribution in [3.05, 3.63) is 71.7 Å². The van der Waals surface area contributed by atoms with Crippen LogP contribution in [0.2, 0.25) is 0 Å². The molecule has 7 nitrogen and oxygen atoms in total. The van der Waals surface area contributed by atoms with Gasteiger partial charge in [-0.3, -0.25) is 4.79 Å². The predicted octanol–water partition coefficient (Wildman–Crippen LogP) is 3.16. The highest BCUT2D eigenvalue weighted by Gasteiger charge is 2.17. The smallest absolute Gasteiger partial charge is 0.242 e. The minimum absolute atomic E-state index is 0.101. The number of methoxy groups -OCH3 is 1. The molecule has 3 heterocycles. The Kier molecular flexibility index (Phi) is 5.03. The van der Waals surface area contributed by atoms with Crippen LogP contribution in [-0.2, 0) is 17.9 Å². The number of benzene rings is 1. The third kappa shape index (κ3) is 3.85. The molecule has 4 aromatic rings. The van der Waals surface area contributed by atoms with E-state index < -0.39 is 0 Å². The average molecular weight is 389 g/mol. The van der Waals surface area contributed by atoms with Crippen LogP contribution in [0.5, 0.6) is 5.75 Å². The van der Waals surface area contributed by atoms with E-state index in [-0.39, 0.29) is 12.5 Å². The second-order valence-corrected chi connectivity index (χ2v) is 6.98. The molecule has 0 saturated carbocycles. The van der Waals surface area contributed by atoms with Gasteiger partial charge in [0.1, 0.15) is 12.3 Å². The van der Waals surface area contributed by atoms with E-state index in [1.807, 2.05) is 73.3 Å². The normalized spacial score (nSPS) is 11.0. The largest absolute Gasteiger partial charge is 0.497 e. The summed E-state index contributed by atoms with van der Waals surface area (Å²) in [6.07, 6.45) is 3.88. The SMILES string of the molecule is COc1ccc(CNC(=O)Cn2nc(-n3cccc3)c3c(C)cc(C)nc32)cc1. The van der Waals surface area contributed by atoms with Crippen LogP contribution in [0.25, 0.3) is 16.9 Å². The molecule has 1 N–H and O–H groups in total. The number of fused-ring (bicyclic) bond motifs is 1. The van der Waals surface area contributed by atoms with Crippen molar-refractivity contribution in [3.63, 3.8) is 0 Å². The van der Waals surface area contributed by atoms with E-state index >= 15 is 0 Å². The van der Waals surface area contributed by atoms with Crippen molar-refractivity contribution in [1.82, 2.24) is 24.6 Å². The van der Waals surface area contributed by atoms with Gasteiger partial charge in [0.2, 0.25) is 5.91 Å². The Balaban J connectivity index is 1.57. The summed E-state index contributed by atoms with van der Waals surface area (Å²) < 4.78 is 8.78. The van der Waals surface area contributed by atoms with Crippen LogP contribution in [0, 0.1) is 13.8 Å². The number of pyridine rings is 1. The second-order valence-electron chi connectivity index (χ2n) is 6.98. The summed E-state index contributed by atoms with van der Waals surface area (Å²) in [5, 5.41) is 8.59. The van der Waals surface area contributed by atoms with Crippen molar-refractivity contribution in [1.29, 1.82) is 0 Å².